The summed E-state index contributed by atoms with van der Waals surface area (Å²) in [5, 5.41) is 2.90. The van der Waals surface area contributed by atoms with Gasteiger partial charge in [-0.15, -0.1) is 0 Å². The van der Waals surface area contributed by atoms with E-state index >= 15 is 0 Å². The summed E-state index contributed by atoms with van der Waals surface area (Å²) in [4.78, 5) is 26.3. The number of carbonyl (C=O) groups excluding carboxylic acids is 2. The van der Waals surface area contributed by atoms with Gasteiger partial charge in [0.15, 0.2) is 0 Å². The number of para-hydroxylation sites is 1. The van der Waals surface area contributed by atoms with Crippen LogP contribution in [0, 0.1) is 13.8 Å². The molecular weight excluding hydrogens is 324 g/mol. The van der Waals surface area contributed by atoms with E-state index in [0.29, 0.717) is 12.5 Å². The van der Waals surface area contributed by atoms with Crippen LogP contribution in [0.2, 0.25) is 0 Å². The third kappa shape index (κ3) is 4.94. The summed E-state index contributed by atoms with van der Waals surface area (Å²) >= 11 is 0. The average Bonchev–Trinajstić information content (AvgIpc) is 2.55. The van der Waals surface area contributed by atoms with E-state index in [2.05, 4.69) is 25.2 Å². The molecule has 0 aliphatic heterocycles. The van der Waals surface area contributed by atoms with Crippen molar-refractivity contribution in [1.82, 2.24) is 0 Å². The first-order valence-electron chi connectivity index (χ1n) is 9.03. The lowest BCUT2D eigenvalue weighted by atomic mass is 9.97. The van der Waals surface area contributed by atoms with Crippen molar-refractivity contribution >= 4 is 23.2 Å². The minimum atomic E-state index is -0.0958. The van der Waals surface area contributed by atoms with Gasteiger partial charge < -0.3 is 10.2 Å². The number of nitrogens with zero attached hydrogens (tertiary/aromatic N) is 1. The van der Waals surface area contributed by atoms with Crippen LogP contribution >= 0.6 is 0 Å². The molecule has 0 fully saturated rings. The van der Waals surface area contributed by atoms with Gasteiger partial charge in [-0.1, -0.05) is 44.2 Å². The highest BCUT2D eigenvalue weighted by atomic mass is 16.2. The van der Waals surface area contributed by atoms with Crippen LogP contribution in [0.3, 0.4) is 0 Å². The Morgan fingerprint density at radius 2 is 1.77 bits per heavy atom. The summed E-state index contributed by atoms with van der Waals surface area (Å²) in [6.07, 6.45) is 0.249. The molecule has 1 N–H and O–H groups in total. The molecule has 0 aliphatic rings. The topological polar surface area (TPSA) is 49.4 Å². The van der Waals surface area contributed by atoms with Crippen LogP contribution in [-0.4, -0.2) is 18.4 Å². The van der Waals surface area contributed by atoms with E-state index in [4.69, 9.17) is 0 Å². The zero-order valence-corrected chi connectivity index (χ0v) is 16.3. The monoisotopic (exact) mass is 352 g/mol. The fourth-order valence-corrected chi connectivity index (χ4v) is 3.10. The number of anilines is 2. The van der Waals surface area contributed by atoms with Crippen LogP contribution in [0.5, 0.6) is 0 Å². The van der Waals surface area contributed by atoms with Crippen molar-refractivity contribution in [3.63, 3.8) is 0 Å². The van der Waals surface area contributed by atoms with Crippen molar-refractivity contribution in [2.45, 2.75) is 47.0 Å². The fourth-order valence-electron chi connectivity index (χ4n) is 3.10. The highest BCUT2D eigenvalue weighted by molar-refractivity contribution is 5.96. The molecular formula is C22H28N2O2. The van der Waals surface area contributed by atoms with E-state index < -0.39 is 0 Å². The van der Waals surface area contributed by atoms with E-state index in [1.165, 1.54) is 0 Å². The molecule has 26 heavy (non-hydrogen) atoms. The minimum absolute atomic E-state index is 0.0513. The Morgan fingerprint density at radius 1 is 1.08 bits per heavy atom. The van der Waals surface area contributed by atoms with Gasteiger partial charge in [-0.25, -0.2) is 0 Å². The number of aryl methyl sites for hydroxylation is 2. The first kappa shape index (κ1) is 19.7. The van der Waals surface area contributed by atoms with Gasteiger partial charge in [0.2, 0.25) is 11.8 Å². The molecule has 2 aromatic carbocycles. The molecule has 0 heterocycles. The molecule has 2 rings (SSSR count). The molecule has 0 bridgehead atoms. The van der Waals surface area contributed by atoms with E-state index in [9.17, 15) is 9.59 Å². The molecule has 0 unspecified atom stereocenters. The van der Waals surface area contributed by atoms with Gasteiger partial charge in [0.1, 0.15) is 0 Å². The molecule has 0 radical (unpaired) electrons. The second-order valence-corrected chi connectivity index (χ2v) is 7.01. The summed E-state index contributed by atoms with van der Waals surface area (Å²) in [7, 11) is 0. The van der Waals surface area contributed by atoms with E-state index in [0.717, 1.165) is 28.1 Å². The maximum Gasteiger partial charge on any atom is 0.226 e. The van der Waals surface area contributed by atoms with Gasteiger partial charge in [0.05, 0.1) is 0 Å². The van der Waals surface area contributed by atoms with Gasteiger partial charge in [-0.2, -0.15) is 0 Å². The smallest absolute Gasteiger partial charge is 0.226 e. The van der Waals surface area contributed by atoms with Gasteiger partial charge in [-0.05, 0) is 48.6 Å². The molecule has 0 saturated carbocycles. The highest BCUT2D eigenvalue weighted by Gasteiger charge is 2.20. The summed E-state index contributed by atoms with van der Waals surface area (Å²) in [6, 6.07) is 13.8. The average molecular weight is 352 g/mol. The molecule has 4 heteroatoms. The number of rotatable bonds is 6. The highest BCUT2D eigenvalue weighted by Crippen LogP contribution is 2.31. The number of hydrogen-bond donors (Lipinski definition) is 1. The number of benzene rings is 2. The molecule has 0 aromatic heterocycles. The van der Waals surface area contributed by atoms with Crippen molar-refractivity contribution < 1.29 is 9.59 Å². The summed E-state index contributed by atoms with van der Waals surface area (Å²) in [5.41, 5.74) is 4.97. The predicted octanol–water partition coefficient (Wildman–Crippen LogP) is 4.81. The van der Waals surface area contributed by atoms with Crippen LogP contribution in [-0.2, 0) is 9.59 Å². The van der Waals surface area contributed by atoms with Crippen molar-refractivity contribution in [1.29, 1.82) is 0 Å². The van der Waals surface area contributed by atoms with Crippen molar-refractivity contribution in [2.24, 2.45) is 0 Å². The van der Waals surface area contributed by atoms with Gasteiger partial charge in [0, 0.05) is 31.3 Å². The Balaban J connectivity index is 2.15. The van der Waals surface area contributed by atoms with Crippen molar-refractivity contribution in [3.8, 4) is 0 Å². The van der Waals surface area contributed by atoms with Crippen LogP contribution in [0.15, 0.2) is 42.5 Å². The zero-order chi connectivity index (χ0) is 19.3. The number of hydrogen-bond acceptors (Lipinski definition) is 2. The van der Waals surface area contributed by atoms with Gasteiger partial charge >= 0.3 is 0 Å². The maximum atomic E-state index is 12.3. The molecule has 4 nitrogen and oxygen atoms in total. The third-order valence-corrected chi connectivity index (χ3v) is 4.41. The summed E-state index contributed by atoms with van der Waals surface area (Å²) in [5.74, 6) is 0.152. The molecule has 0 saturated heterocycles. The minimum Gasteiger partial charge on any atom is -0.326 e. The second kappa shape index (κ2) is 8.65. The number of amides is 2. The Bertz CT molecular complexity index is 796. The Hall–Kier alpha value is -2.62. The quantitative estimate of drug-likeness (QED) is 0.811. The van der Waals surface area contributed by atoms with Gasteiger partial charge in [-0.3, -0.25) is 9.59 Å². The molecule has 2 aromatic rings. The maximum absolute atomic E-state index is 12.3. The van der Waals surface area contributed by atoms with E-state index in [-0.39, 0.29) is 18.2 Å². The predicted molar refractivity (Wildman–Crippen MR) is 108 cm³/mol. The van der Waals surface area contributed by atoms with E-state index in [1.54, 1.807) is 11.8 Å². The summed E-state index contributed by atoms with van der Waals surface area (Å²) < 4.78 is 0. The first-order valence-corrected chi connectivity index (χ1v) is 9.03. The Labute approximate surface area is 156 Å². The lowest BCUT2D eigenvalue weighted by Gasteiger charge is -2.27. The molecule has 0 atom stereocenters. The third-order valence-electron chi connectivity index (χ3n) is 4.41. The second-order valence-electron chi connectivity index (χ2n) is 7.01. The largest absolute Gasteiger partial charge is 0.326 e. The molecule has 0 spiro atoms. The zero-order valence-electron chi connectivity index (χ0n) is 16.3. The van der Waals surface area contributed by atoms with Crippen molar-refractivity contribution in [3.05, 3.63) is 59.2 Å². The van der Waals surface area contributed by atoms with Crippen molar-refractivity contribution in [2.75, 3.05) is 16.8 Å². The number of nitrogens with one attached hydrogen (secondary N) is 1. The first-order chi connectivity index (χ1) is 12.3. The number of carbonyl (C=O) groups is 2. The fraction of sp³-hybridized carbons (Fsp3) is 0.364. The van der Waals surface area contributed by atoms with E-state index in [1.807, 2.05) is 50.2 Å². The van der Waals surface area contributed by atoms with Crippen LogP contribution in [0.25, 0.3) is 0 Å². The van der Waals surface area contributed by atoms with Gasteiger partial charge in [0.25, 0.3) is 0 Å². The Morgan fingerprint density at radius 3 is 2.38 bits per heavy atom. The van der Waals surface area contributed by atoms with Crippen LogP contribution in [0.4, 0.5) is 11.4 Å². The normalized spacial score (nSPS) is 10.7. The molecule has 138 valence electrons. The lowest BCUT2D eigenvalue weighted by Crippen LogP contribution is -2.33. The lowest BCUT2D eigenvalue weighted by molar-refractivity contribution is -0.117. The van der Waals surface area contributed by atoms with Crippen LogP contribution in [0.1, 0.15) is 49.8 Å². The van der Waals surface area contributed by atoms with Crippen LogP contribution < -0.4 is 10.2 Å². The molecule has 2 amide bonds. The summed E-state index contributed by atoms with van der Waals surface area (Å²) in [6.45, 7) is 10.1. The SMILES string of the molecule is CC(=O)N(CCC(=O)Nc1cccc(C)c1)c1c(C)cccc1C(C)C. The Kier molecular flexibility index (Phi) is 6.56. The standard InChI is InChI=1S/C22H28N2O2/c1-15(2)20-11-7-9-17(4)22(20)24(18(5)25)13-12-21(26)23-19-10-6-8-16(3)14-19/h6-11,14-15H,12-13H2,1-5H3,(H,23,26). The molecule has 0 aliphatic carbocycles.